The molecular formula is C20H22IN3O. The largest absolute Gasteiger partial charge is 0.497 e. The van der Waals surface area contributed by atoms with Crippen LogP contribution in [-0.4, -0.2) is 19.6 Å². The Morgan fingerprint density at radius 3 is 2.48 bits per heavy atom. The molecule has 3 rings (SSSR count). The Kier molecular flexibility index (Phi) is 7.06. The Hall–Kier alpha value is -2.28. The first-order valence-corrected chi connectivity index (χ1v) is 7.94. The summed E-state index contributed by atoms with van der Waals surface area (Å²) in [5.41, 5.74) is 8.14. The topological polar surface area (TPSA) is 59.6 Å². The number of hydrogen-bond donors (Lipinski definition) is 2. The SMILES string of the molecule is COc1ccc(NC(N)=NCCc2cccc3ccccc23)cc1.I. The standard InChI is InChI=1S/C20H21N3O.HI/c1-24-18-11-9-17(10-12-18)23-20(21)22-14-13-16-7-4-6-15-5-2-3-8-19(15)16;/h2-12H,13-14H2,1H3,(H3,21,22,23);1H. The van der Waals surface area contributed by atoms with Crippen molar-refractivity contribution < 1.29 is 4.74 Å². The fourth-order valence-corrected chi connectivity index (χ4v) is 2.67. The number of benzene rings is 3. The van der Waals surface area contributed by atoms with E-state index in [4.69, 9.17) is 10.5 Å². The number of nitrogens with zero attached hydrogens (tertiary/aromatic N) is 1. The fraction of sp³-hybridized carbons (Fsp3) is 0.150. The second kappa shape index (κ2) is 9.27. The van der Waals surface area contributed by atoms with E-state index in [1.165, 1.54) is 16.3 Å². The molecule has 130 valence electrons. The minimum Gasteiger partial charge on any atom is -0.497 e. The Morgan fingerprint density at radius 2 is 1.72 bits per heavy atom. The van der Waals surface area contributed by atoms with Crippen molar-refractivity contribution in [3.05, 3.63) is 72.3 Å². The molecular weight excluding hydrogens is 425 g/mol. The molecule has 0 atom stereocenters. The van der Waals surface area contributed by atoms with Crippen molar-refractivity contribution >= 4 is 46.4 Å². The third kappa shape index (κ3) is 5.09. The number of fused-ring (bicyclic) bond motifs is 1. The average Bonchev–Trinajstić information content (AvgIpc) is 2.62. The summed E-state index contributed by atoms with van der Waals surface area (Å²) in [5, 5.41) is 5.62. The first-order chi connectivity index (χ1) is 11.8. The number of guanidine groups is 1. The lowest BCUT2D eigenvalue weighted by Crippen LogP contribution is -2.23. The van der Waals surface area contributed by atoms with Crippen LogP contribution in [0, 0.1) is 0 Å². The molecule has 0 saturated heterocycles. The summed E-state index contributed by atoms with van der Waals surface area (Å²) >= 11 is 0. The van der Waals surface area contributed by atoms with Crippen molar-refractivity contribution in [2.45, 2.75) is 6.42 Å². The Bertz CT molecular complexity index is 842. The third-order valence-electron chi connectivity index (χ3n) is 3.91. The van der Waals surface area contributed by atoms with Crippen LogP contribution in [0.15, 0.2) is 71.7 Å². The zero-order valence-corrected chi connectivity index (χ0v) is 16.4. The predicted octanol–water partition coefficient (Wildman–Crippen LogP) is 4.44. The van der Waals surface area contributed by atoms with E-state index in [0.29, 0.717) is 12.5 Å². The molecule has 3 N–H and O–H groups in total. The Morgan fingerprint density at radius 1 is 1.00 bits per heavy atom. The van der Waals surface area contributed by atoms with Gasteiger partial charge in [-0.1, -0.05) is 42.5 Å². The normalized spacial score (nSPS) is 11.0. The molecule has 0 heterocycles. The highest BCUT2D eigenvalue weighted by Gasteiger charge is 2.00. The summed E-state index contributed by atoms with van der Waals surface area (Å²) in [4.78, 5) is 4.42. The zero-order chi connectivity index (χ0) is 16.8. The number of hydrogen-bond acceptors (Lipinski definition) is 2. The number of ether oxygens (including phenoxy) is 1. The van der Waals surface area contributed by atoms with E-state index in [9.17, 15) is 0 Å². The van der Waals surface area contributed by atoms with Gasteiger partial charge in [0.1, 0.15) is 5.75 Å². The second-order valence-electron chi connectivity index (χ2n) is 5.51. The van der Waals surface area contributed by atoms with Crippen LogP contribution in [0.2, 0.25) is 0 Å². The van der Waals surface area contributed by atoms with Gasteiger partial charge in [-0.2, -0.15) is 0 Å². The van der Waals surface area contributed by atoms with E-state index in [2.05, 4.69) is 52.8 Å². The van der Waals surface area contributed by atoms with Crippen molar-refractivity contribution in [3.8, 4) is 5.75 Å². The van der Waals surface area contributed by atoms with Gasteiger partial charge < -0.3 is 15.8 Å². The van der Waals surface area contributed by atoms with Crippen LogP contribution in [0.4, 0.5) is 5.69 Å². The molecule has 0 fully saturated rings. The van der Waals surface area contributed by atoms with E-state index in [0.717, 1.165) is 17.9 Å². The summed E-state index contributed by atoms with van der Waals surface area (Å²) in [7, 11) is 1.64. The van der Waals surface area contributed by atoms with Gasteiger partial charge in [0.2, 0.25) is 0 Å². The maximum absolute atomic E-state index is 5.96. The number of aliphatic imine (C=N–C) groups is 1. The zero-order valence-electron chi connectivity index (χ0n) is 14.1. The summed E-state index contributed by atoms with van der Waals surface area (Å²) < 4.78 is 5.13. The fourth-order valence-electron chi connectivity index (χ4n) is 2.67. The van der Waals surface area contributed by atoms with Crippen LogP contribution < -0.4 is 15.8 Å². The second-order valence-corrected chi connectivity index (χ2v) is 5.51. The smallest absolute Gasteiger partial charge is 0.193 e. The van der Waals surface area contributed by atoms with Gasteiger partial charge in [-0.25, -0.2) is 0 Å². The lowest BCUT2D eigenvalue weighted by atomic mass is 10.0. The monoisotopic (exact) mass is 447 g/mol. The van der Waals surface area contributed by atoms with Gasteiger partial charge in [0.15, 0.2) is 5.96 Å². The molecule has 4 nitrogen and oxygen atoms in total. The molecule has 5 heteroatoms. The van der Waals surface area contributed by atoms with E-state index in [1.807, 2.05) is 24.3 Å². The van der Waals surface area contributed by atoms with Crippen molar-refractivity contribution in [1.29, 1.82) is 0 Å². The van der Waals surface area contributed by atoms with E-state index in [-0.39, 0.29) is 24.0 Å². The molecule has 3 aromatic carbocycles. The van der Waals surface area contributed by atoms with Gasteiger partial charge in [-0.05, 0) is 47.0 Å². The van der Waals surface area contributed by atoms with E-state index >= 15 is 0 Å². The molecule has 0 aliphatic carbocycles. The third-order valence-corrected chi connectivity index (χ3v) is 3.91. The first kappa shape index (κ1) is 19.1. The molecule has 25 heavy (non-hydrogen) atoms. The Labute approximate surface area is 165 Å². The summed E-state index contributed by atoms with van der Waals surface area (Å²) in [6.07, 6.45) is 0.854. The molecule has 0 aromatic heterocycles. The van der Waals surface area contributed by atoms with Crippen molar-refractivity contribution in [2.75, 3.05) is 19.0 Å². The quantitative estimate of drug-likeness (QED) is 0.346. The molecule has 0 amide bonds. The molecule has 0 saturated carbocycles. The molecule has 0 radical (unpaired) electrons. The van der Waals surface area contributed by atoms with Gasteiger partial charge in [-0.15, -0.1) is 24.0 Å². The molecule has 0 aliphatic rings. The lowest BCUT2D eigenvalue weighted by Gasteiger charge is -2.08. The van der Waals surface area contributed by atoms with Crippen LogP contribution >= 0.6 is 24.0 Å². The number of nitrogens with one attached hydrogen (secondary N) is 1. The highest BCUT2D eigenvalue weighted by Crippen LogP contribution is 2.19. The van der Waals surface area contributed by atoms with Gasteiger partial charge in [0.25, 0.3) is 0 Å². The van der Waals surface area contributed by atoms with Gasteiger partial charge in [0.05, 0.1) is 7.11 Å². The number of halogens is 1. The number of rotatable bonds is 5. The first-order valence-electron chi connectivity index (χ1n) is 7.94. The minimum atomic E-state index is 0. The lowest BCUT2D eigenvalue weighted by molar-refractivity contribution is 0.415. The number of nitrogens with two attached hydrogens (primary N) is 1. The molecule has 3 aromatic rings. The summed E-state index contributed by atoms with van der Waals surface area (Å²) in [5.74, 6) is 1.23. The van der Waals surface area contributed by atoms with E-state index in [1.54, 1.807) is 7.11 Å². The maximum Gasteiger partial charge on any atom is 0.193 e. The molecule has 0 aliphatic heterocycles. The van der Waals surface area contributed by atoms with Crippen molar-refractivity contribution in [1.82, 2.24) is 0 Å². The van der Waals surface area contributed by atoms with Crippen LogP contribution in [-0.2, 0) is 6.42 Å². The van der Waals surface area contributed by atoms with Crippen molar-refractivity contribution in [2.24, 2.45) is 10.7 Å². The van der Waals surface area contributed by atoms with Gasteiger partial charge >= 0.3 is 0 Å². The van der Waals surface area contributed by atoms with Crippen LogP contribution in [0.3, 0.4) is 0 Å². The number of methoxy groups -OCH3 is 1. The predicted molar refractivity (Wildman–Crippen MR) is 116 cm³/mol. The highest BCUT2D eigenvalue weighted by molar-refractivity contribution is 14.0. The average molecular weight is 447 g/mol. The summed E-state index contributed by atoms with van der Waals surface area (Å²) in [6.45, 7) is 0.642. The van der Waals surface area contributed by atoms with E-state index < -0.39 is 0 Å². The van der Waals surface area contributed by atoms with Gasteiger partial charge in [0, 0.05) is 12.2 Å². The van der Waals surface area contributed by atoms with Gasteiger partial charge in [-0.3, -0.25) is 4.99 Å². The molecule has 0 bridgehead atoms. The van der Waals surface area contributed by atoms with Crippen LogP contribution in [0.5, 0.6) is 5.75 Å². The number of anilines is 1. The summed E-state index contributed by atoms with van der Waals surface area (Å²) in [6, 6.07) is 22.3. The molecule has 0 unspecified atom stereocenters. The molecule has 0 spiro atoms. The van der Waals surface area contributed by atoms with Crippen LogP contribution in [0.1, 0.15) is 5.56 Å². The Balaban J connectivity index is 0.00000225. The minimum absolute atomic E-state index is 0. The highest BCUT2D eigenvalue weighted by atomic mass is 127. The maximum atomic E-state index is 5.96. The van der Waals surface area contributed by atoms with Crippen LogP contribution in [0.25, 0.3) is 10.8 Å². The van der Waals surface area contributed by atoms with Crippen molar-refractivity contribution in [3.63, 3.8) is 0 Å².